The molecule has 2 N–H and O–H groups in total. The number of carbonyl (C=O) groups is 3. The number of hydrogen-bond donors (Lipinski definition) is 2. The number of benzene rings is 2. The molecule has 1 aromatic heterocycles. The van der Waals surface area contributed by atoms with Gasteiger partial charge in [0.1, 0.15) is 6.04 Å². The number of amides is 3. The molecule has 3 amide bonds. The average Bonchev–Trinajstić information content (AvgIpc) is 3.60. The maximum absolute atomic E-state index is 13.9. The summed E-state index contributed by atoms with van der Waals surface area (Å²) in [6, 6.07) is 12.3. The molecule has 3 aromatic rings. The maximum Gasteiger partial charge on any atom is 0.261 e. The van der Waals surface area contributed by atoms with Crippen molar-refractivity contribution in [1.82, 2.24) is 10.6 Å². The van der Waals surface area contributed by atoms with Gasteiger partial charge in [-0.2, -0.15) is 0 Å². The Labute approximate surface area is 230 Å². The largest absolute Gasteiger partial charge is 0.493 e. The molecular formula is C28H31N3O7S. The first-order chi connectivity index (χ1) is 18.6. The van der Waals surface area contributed by atoms with E-state index in [9.17, 15) is 14.4 Å². The monoisotopic (exact) mass is 553 g/mol. The van der Waals surface area contributed by atoms with E-state index in [0.29, 0.717) is 39.1 Å². The summed E-state index contributed by atoms with van der Waals surface area (Å²) < 4.78 is 21.8. The highest BCUT2D eigenvalue weighted by Gasteiger charge is 2.36. The number of anilines is 1. The Bertz CT molecular complexity index is 1350. The molecule has 206 valence electrons. The zero-order valence-corrected chi connectivity index (χ0v) is 23.2. The van der Waals surface area contributed by atoms with E-state index in [4.69, 9.17) is 18.9 Å². The second-order valence-corrected chi connectivity index (χ2v) is 10.7. The lowest BCUT2D eigenvalue weighted by molar-refractivity contribution is -0.127. The van der Waals surface area contributed by atoms with Crippen LogP contribution in [-0.2, 0) is 9.59 Å². The molecule has 2 heterocycles. The van der Waals surface area contributed by atoms with Gasteiger partial charge >= 0.3 is 0 Å². The lowest BCUT2D eigenvalue weighted by Gasteiger charge is -2.34. The van der Waals surface area contributed by atoms with Crippen LogP contribution >= 0.6 is 11.3 Å². The quantitative estimate of drug-likeness (QED) is 0.413. The summed E-state index contributed by atoms with van der Waals surface area (Å²) in [4.78, 5) is 42.2. The number of thiophene rings is 1. The van der Waals surface area contributed by atoms with Crippen molar-refractivity contribution in [2.24, 2.45) is 0 Å². The third-order valence-corrected chi connectivity index (χ3v) is 6.64. The van der Waals surface area contributed by atoms with Crippen LogP contribution in [0.4, 0.5) is 5.69 Å². The number of nitrogens with one attached hydrogen (secondary N) is 2. The van der Waals surface area contributed by atoms with Crippen molar-refractivity contribution in [1.29, 1.82) is 0 Å². The minimum absolute atomic E-state index is 0.0488. The summed E-state index contributed by atoms with van der Waals surface area (Å²) in [5, 5.41) is 7.43. The lowest BCUT2D eigenvalue weighted by atomic mass is 10.00. The summed E-state index contributed by atoms with van der Waals surface area (Å²) in [6.45, 7) is 5.25. The molecular weight excluding hydrogens is 522 g/mol. The fraction of sp³-hybridized carbons (Fsp3) is 0.321. The van der Waals surface area contributed by atoms with E-state index in [1.54, 1.807) is 53.9 Å². The zero-order chi connectivity index (χ0) is 28.2. The van der Waals surface area contributed by atoms with E-state index >= 15 is 0 Å². The highest BCUT2D eigenvalue weighted by molar-refractivity contribution is 7.12. The topological polar surface area (TPSA) is 115 Å². The highest BCUT2D eigenvalue weighted by atomic mass is 32.1. The number of hydrogen-bond acceptors (Lipinski definition) is 8. The summed E-state index contributed by atoms with van der Waals surface area (Å²) in [5.74, 6) is 0.515. The van der Waals surface area contributed by atoms with Crippen LogP contribution < -0.4 is 34.5 Å². The van der Waals surface area contributed by atoms with Crippen LogP contribution in [0.1, 0.15) is 42.0 Å². The van der Waals surface area contributed by atoms with Gasteiger partial charge in [-0.05, 0) is 62.0 Å². The summed E-state index contributed by atoms with van der Waals surface area (Å²) in [5.41, 5.74) is 0.270. The number of fused-ring (bicyclic) bond motifs is 1. The predicted molar refractivity (Wildman–Crippen MR) is 147 cm³/mol. The fourth-order valence-electron chi connectivity index (χ4n) is 4.09. The van der Waals surface area contributed by atoms with Crippen molar-refractivity contribution in [2.45, 2.75) is 32.4 Å². The molecule has 0 radical (unpaired) electrons. The molecule has 0 spiro atoms. The molecule has 39 heavy (non-hydrogen) atoms. The van der Waals surface area contributed by atoms with Gasteiger partial charge in [0.15, 0.2) is 23.0 Å². The average molecular weight is 554 g/mol. The Morgan fingerprint density at radius 1 is 1.00 bits per heavy atom. The molecule has 0 saturated heterocycles. The van der Waals surface area contributed by atoms with Gasteiger partial charge in [-0.1, -0.05) is 12.1 Å². The second kappa shape index (κ2) is 11.6. The maximum atomic E-state index is 13.9. The van der Waals surface area contributed by atoms with Crippen molar-refractivity contribution in [2.75, 3.05) is 32.5 Å². The van der Waals surface area contributed by atoms with Crippen LogP contribution in [0.15, 0.2) is 53.9 Å². The molecule has 0 saturated carbocycles. The summed E-state index contributed by atoms with van der Waals surface area (Å²) in [7, 11) is 3.01. The van der Waals surface area contributed by atoms with E-state index in [0.717, 1.165) is 0 Å². The first-order valence-electron chi connectivity index (χ1n) is 12.2. The van der Waals surface area contributed by atoms with E-state index in [-0.39, 0.29) is 19.2 Å². The fourth-order valence-corrected chi connectivity index (χ4v) is 4.73. The molecule has 10 nitrogen and oxygen atoms in total. The van der Waals surface area contributed by atoms with Gasteiger partial charge in [0.05, 0.1) is 25.6 Å². The van der Waals surface area contributed by atoms with Crippen molar-refractivity contribution in [3.8, 4) is 23.0 Å². The first-order valence-corrected chi connectivity index (χ1v) is 13.1. The Morgan fingerprint density at radius 2 is 1.74 bits per heavy atom. The van der Waals surface area contributed by atoms with Crippen molar-refractivity contribution in [3.63, 3.8) is 0 Å². The molecule has 1 aliphatic heterocycles. The standard InChI is InChI=1S/C28H31N3O7S/c1-28(2,3)30-27(34)25(17-8-10-19(35-4)21(13-17)36-5)31(18-9-11-20-22(14-18)38-16-37-20)24(32)15-29-26(33)23-7-6-12-39-23/h6-14,25H,15-16H2,1-5H3,(H,29,33)(H,30,34). The molecule has 0 aliphatic carbocycles. The van der Waals surface area contributed by atoms with Crippen LogP contribution in [0.2, 0.25) is 0 Å². The van der Waals surface area contributed by atoms with Crippen molar-refractivity contribution >= 4 is 34.7 Å². The van der Waals surface area contributed by atoms with E-state index in [2.05, 4.69) is 10.6 Å². The molecule has 1 atom stereocenters. The predicted octanol–water partition coefficient (Wildman–Crippen LogP) is 3.91. The number of nitrogens with zero attached hydrogens (tertiary/aromatic N) is 1. The van der Waals surface area contributed by atoms with Gasteiger partial charge < -0.3 is 29.6 Å². The summed E-state index contributed by atoms with van der Waals surface area (Å²) in [6.07, 6.45) is 0. The molecule has 1 aliphatic rings. The third-order valence-electron chi connectivity index (χ3n) is 5.78. The number of rotatable bonds is 9. The van der Waals surface area contributed by atoms with Gasteiger partial charge in [-0.25, -0.2) is 0 Å². The number of carbonyl (C=O) groups excluding carboxylic acids is 3. The molecule has 2 aromatic carbocycles. The Balaban J connectivity index is 1.79. The molecule has 1 unspecified atom stereocenters. The molecule has 11 heteroatoms. The number of methoxy groups -OCH3 is 2. The Kier molecular flexibility index (Phi) is 8.29. The lowest BCUT2D eigenvalue weighted by Crippen LogP contribution is -2.51. The van der Waals surface area contributed by atoms with Gasteiger partial charge in [-0.3, -0.25) is 19.3 Å². The Morgan fingerprint density at radius 3 is 2.41 bits per heavy atom. The molecule has 0 fully saturated rings. The van der Waals surface area contributed by atoms with E-state index in [1.807, 2.05) is 20.8 Å². The van der Waals surface area contributed by atoms with Crippen LogP contribution in [0.5, 0.6) is 23.0 Å². The van der Waals surface area contributed by atoms with Gasteiger partial charge in [0.2, 0.25) is 18.6 Å². The Hall–Kier alpha value is -4.25. The van der Waals surface area contributed by atoms with Crippen LogP contribution in [0.25, 0.3) is 0 Å². The van der Waals surface area contributed by atoms with Crippen LogP contribution in [0.3, 0.4) is 0 Å². The van der Waals surface area contributed by atoms with E-state index < -0.39 is 23.4 Å². The number of ether oxygens (including phenoxy) is 4. The summed E-state index contributed by atoms with van der Waals surface area (Å²) >= 11 is 1.27. The molecule has 0 bridgehead atoms. The van der Waals surface area contributed by atoms with Crippen LogP contribution in [-0.4, -0.2) is 50.8 Å². The first kappa shape index (κ1) is 27.8. The van der Waals surface area contributed by atoms with Crippen molar-refractivity contribution < 1.29 is 33.3 Å². The third kappa shape index (κ3) is 6.43. The van der Waals surface area contributed by atoms with Crippen LogP contribution in [0, 0.1) is 0 Å². The van der Waals surface area contributed by atoms with Gasteiger partial charge in [0, 0.05) is 17.3 Å². The van der Waals surface area contributed by atoms with Gasteiger partial charge in [0.25, 0.3) is 5.91 Å². The minimum Gasteiger partial charge on any atom is -0.493 e. The van der Waals surface area contributed by atoms with Gasteiger partial charge in [-0.15, -0.1) is 11.3 Å². The van der Waals surface area contributed by atoms with E-state index in [1.165, 1.54) is 30.5 Å². The highest BCUT2D eigenvalue weighted by Crippen LogP contribution is 2.39. The SMILES string of the molecule is COc1ccc(C(C(=O)NC(C)(C)C)N(C(=O)CNC(=O)c2cccs2)c2ccc3c(c2)OCO3)cc1OC. The normalized spacial score (nSPS) is 12.8. The smallest absolute Gasteiger partial charge is 0.261 e. The second-order valence-electron chi connectivity index (χ2n) is 9.72. The molecule has 4 rings (SSSR count). The zero-order valence-electron chi connectivity index (χ0n) is 22.4. The van der Waals surface area contributed by atoms with Crippen molar-refractivity contribution in [3.05, 3.63) is 64.4 Å². The minimum atomic E-state index is -1.13.